The zero-order valence-corrected chi connectivity index (χ0v) is 10.2. The van der Waals surface area contributed by atoms with Gasteiger partial charge in [0.1, 0.15) is 11.6 Å². The number of carboxylic acid groups (broad SMARTS) is 1. The number of rotatable bonds is 7. The lowest BCUT2D eigenvalue weighted by molar-refractivity contribution is -0.153. The minimum Gasteiger partial charge on any atom is -0.480 e. The van der Waals surface area contributed by atoms with E-state index in [0.29, 0.717) is 25.5 Å². The molecule has 8 heteroatoms. The molecule has 1 rings (SSSR count). The van der Waals surface area contributed by atoms with E-state index in [1.807, 2.05) is 0 Å². The zero-order valence-electron chi connectivity index (χ0n) is 10.2. The van der Waals surface area contributed by atoms with E-state index in [-0.39, 0.29) is 12.8 Å². The van der Waals surface area contributed by atoms with Gasteiger partial charge < -0.3 is 21.1 Å². The first-order chi connectivity index (χ1) is 8.89. The van der Waals surface area contributed by atoms with Gasteiger partial charge in [0.25, 0.3) is 5.91 Å². The Kier molecular flexibility index (Phi) is 4.91. The average Bonchev–Trinajstić information content (AvgIpc) is 2.31. The first kappa shape index (κ1) is 15.0. The Morgan fingerprint density at radius 1 is 1.42 bits per heavy atom. The Morgan fingerprint density at radius 3 is 2.47 bits per heavy atom. The molecule has 0 aromatic rings. The van der Waals surface area contributed by atoms with Crippen LogP contribution in [0.1, 0.15) is 32.1 Å². The van der Waals surface area contributed by atoms with Gasteiger partial charge in [-0.05, 0) is 25.7 Å². The lowest BCUT2D eigenvalue weighted by atomic mass is 9.79. The van der Waals surface area contributed by atoms with Crippen molar-refractivity contribution in [2.45, 2.75) is 43.7 Å². The SMILES string of the molecule is [N-]=[N+]=CC(=O)CCC(NC(=O)C1(O)CCC1)C(=O)O. The topological polar surface area (TPSA) is 140 Å². The van der Waals surface area contributed by atoms with Crippen LogP contribution in [0, 0.1) is 0 Å². The Bertz CT molecular complexity index is 438. The molecule has 8 nitrogen and oxygen atoms in total. The summed E-state index contributed by atoms with van der Waals surface area (Å²) in [6.45, 7) is 0. The molecule has 0 bridgehead atoms. The molecule has 1 amide bonds. The van der Waals surface area contributed by atoms with Crippen molar-refractivity contribution < 1.29 is 29.4 Å². The van der Waals surface area contributed by atoms with Crippen LogP contribution in [0.25, 0.3) is 5.53 Å². The predicted molar refractivity (Wildman–Crippen MR) is 62.3 cm³/mol. The number of nitrogens with one attached hydrogen (secondary N) is 1. The molecule has 1 aliphatic carbocycles. The molecule has 3 N–H and O–H groups in total. The summed E-state index contributed by atoms with van der Waals surface area (Å²) < 4.78 is 0. The molecule has 0 aromatic carbocycles. The van der Waals surface area contributed by atoms with E-state index >= 15 is 0 Å². The van der Waals surface area contributed by atoms with Gasteiger partial charge in [0, 0.05) is 6.42 Å². The van der Waals surface area contributed by atoms with Crippen LogP contribution >= 0.6 is 0 Å². The maximum absolute atomic E-state index is 11.7. The van der Waals surface area contributed by atoms with E-state index in [0.717, 1.165) is 0 Å². The number of Topliss-reactive ketones (excluding diaryl/α,β-unsaturated/α-hetero) is 1. The van der Waals surface area contributed by atoms with E-state index < -0.39 is 29.3 Å². The van der Waals surface area contributed by atoms with Crippen LogP contribution < -0.4 is 5.32 Å². The van der Waals surface area contributed by atoms with Gasteiger partial charge >= 0.3 is 12.2 Å². The van der Waals surface area contributed by atoms with Crippen LogP contribution in [-0.4, -0.2) is 50.5 Å². The first-order valence-corrected chi connectivity index (χ1v) is 5.85. The van der Waals surface area contributed by atoms with Crippen LogP contribution in [0.2, 0.25) is 0 Å². The molecule has 1 atom stereocenters. The number of carbonyl (C=O) groups is 3. The second kappa shape index (κ2) is 6.21. The highest BCUT2D eigenvalue weighted by Gasteiger charge is 2.43. The standard InChI is InChI=1S/C11H15N3O5/c12-13-6-7(15)2-3-8(9(16)17)14-10(18)11(19)4-1-5-11/h6,8,19H,1-5H2,(H,14,18)(H,16,17). The predicted octanol–water partition coefficient (Wildman–Crippen LogP) is -0.879. The monoisotopic (exact) mass is 269 g/mol. The number of nitrogens with zero attached hydrogens (tertiary/aromatic N) is 2. The maximum Gasteiger partial charge on any atom is 0.326 e. The highest BCUT2D eigenvalue weighted by molar-refractivity contribution is 6.25. The molecule has 0 aromatic heterocycles. The Morgan fingerprint density at radius 2 is 2.05 bits per heavy atom. The molecule has 1 aliphatic rings. The smallest absolute Gasteiger partial charge is 0.326 e. The fraction of sp³-hybridized carbons (Fsp3) is 0.636. The average molecular weight is 269 g/mol. The van der Waals surface area contributed by atoms with Gasteiger partial charge in [-0.15, -0.1) is 0 Å². The fourth-order valence-corrected chi connectivity index (χ4v) is 1.70. The van der Waals surface area contributed by atoms with E-state index in [9.17, 15) is 19.5 Å². The zero-order chi connectivity index (χ0) is 14.5. The van der Waals surface area contributed by atoms with E-state index in [2.05, 4.69) is 10.1 Å². The van der Waals surface area contributed by atoms with Gasteiger partial charge in [0.15, 0.2) is 0 Å². The second-order valence-electron chi connectivity index (χ2n) is 4.50. The Hall–Kier alpha value is -2.05. The van der Waals surface area contributed by atoms with Crippen molar-refractivity contribution >= 4 is 23.9 Å². The molecule has 0 radical (unpaired) electrons. The second-order valence-corrected chi connectivity index (χ2v) is 4.50. The first-order valence-electron chi connectivity index (χ1n) is 5.85. The molecule has 19 heavy (non-hydrogen) atoms. The molecule has 104 valence electrons. The third kappa shape index (κ3) is 3.97. The maximum atomic E-state index is 11.7. The van der Waals surface area contributed by atoms with Gasteiger partial charge in [0.2, 0.25) is 5.78 Å². The van der Waals surface area contributed by atoms with Gasteiger partial charge in [-0.3, -0.25) is 9.59 Å². The van der Waals surface area contributed by atoms with Crippen molar-refractivity contribution in [2.24, 2.45) is 0 Å². The third-order valence-electron chi connectivity index (χ3n) is 3.09. The van der Waals surface area contributed by atoms with Crippen molar-refractivity contribution in [1.82, 2.24) is 5.32 Å². The summed E-state index contributed by atoms with van der Waals surface area (Å²) in [5.41, 5.74) is 6.65. The van der Waals surface area contributed by atoms with Crippen molar-refractivity contribution in [1.29, 1.82) is 0 Å². The molecular weight excluding hydrogens is 254 g/mol. The quantitative estimate of drug-likeness (QED) is 0.313. The summed E-state index contributed by atoms with van der Waals surface area (Å²) in [5.74, 6) is -2.57. The lowest BCUT2D eigenvalue weighted by Gasteiger charge is -2.35. The van der Waals surface area contributed by atoms with Crippen LogP contribution in [0.15, 0.2) is 0 Å². The number of aliphatic carboxylic acids is 1. The molecule has 0 heterocycles. The van der Waals surface area contributed by atoms with Gasteiger partial charge in [-0.1, -0.05) is 0 Å². The molecule has 0 spiro atoms. The third-order valence-corrected chi connectivity index (χ3v) is 3.09. The number of hydrogen-bond acceptors (Lipinski definition) is 4. The van der Waals surface area contributed by atoms with E-state index in [4.69, 9.17) is 10.6 Å². The lowest BCUT2D eigenvalue weighted by Crippen LogP contribution is -2.55. The Labute approximate surface area is 109 Å². The largest absolute Gasteiger partial charge is 0.480 e. The van der Waals surface area contributed by atoms with Gasteiger partial charge in [-0.2, -0.15) is 4.79 Å². The molecule has 1 fully saturated rings. The van der Waals surface area contributed by atoms with Gasteiger partial charge in [0.05, 0.1) is 0 Å². The summed E-state index contributed by atoms with van der Waals surface area (Å²) in [6, 6.07) is -1.26. The minimum atomic E-state index is -1.48. The number of ketones is 1. The summed E-state index contributed by atoms with van der Waals surface area (Å²) in [7, 11) is 0. The van der Waals surface area contributed by atoms with E-state index in [1.165, 1.54) is 0 Å². The van der Waals surface area contributed by atoms with Crippen molar-refractivity contribution in [2.75, 3.05) is 0 Å². The highest BCUT2D eigenvalue weighted by atomic mass is 16.4. The fourth-order valence-electron chi connectivity index (χ4n) is 1.70. The van der Waals surface area contributed by atoms with Crippen LogP contribution in [0.3, 0.4) is 0 Å². The van der Waals surface area contributed by atoms with Crippen molar-refractivity contribution in [3.8, 4) is 0 Å². The molecular formula is C11H15N3O5. The molecule has 1 unspecified atom stereocenters. The number of carbonyl (C=O) groups excluding carboxylic acids is 2. The summed E-state index contributed by atoms with van der Waals surface area (Å²) in [4.78, 5) is 36.2. The number of carboxylic acids is 1. The van der Waals surface area contributed by atoms with E-state index in [1.54, 1.807) is 0 Å². The van der Waals surface area contributed by atoms with Crippen LogP contribution in [-0.2, 0) is 14.4 Å². The van der Waals surface area contributed by atoms with Crippen molar-refractivity contribution in [3.63, 3.8) is 0 Å². The minimum absolute atomic E-state index is 0.137. The van der Waals surface area contributed by atoms with Crippen LogP contribution in [0.5, 0.6) is 0 Å². The van der Waals surface area contributed by atoms with Crippen molar-refractivity contribution in [3.05, 3.63) is 5.53 Å². The molecule has 1 saturated carbocycles. The Balaban J connectivity index is 2.53. The number of aliphatic hydroxyl groups is 1. The normalized spacial score (nSPS) is 17.5. The number of hydrogen-bond donors (Lipinski definition) is 3. The summed E-state index contributed by atoms with van der Waals surface area (Å²) in [5, 5.41) is 20.9. The number of amides is 1. The molecule has 0 saturated heterocycles. The molecule has 0 aliphatic heterocycles. The van der Waals surface area contributed by atoms with Gasteiger partial charge in [-0.25, -0.2) is 4.79 Å². The summed E-state index contributed by atoms with van der Waals surface area (Å²) >= 11 is 0. The summed E-state index contributed by atoms with van der Waals surface area (Å²) in [6.07, 6.45) is 1.68. The van der Waals surface area contributed by atoms with Crippen LogP contribution in [0.4, 0.5) is 0 Å². The highest BCUT2D eigenvalue weighted by Crippen LogP contribution is 2.31.